The molecule has 17 nitrogen and oxygen atoms in total. The van der Waals surface area contributed by atoms with Gasteiger partial charge in [0.25, 0.3) is 5.91 Å². The maximum atomic E-state index is 13.0. The van der Waals surface area contributed by atoms with Crippen molar-refractivity contribution < 1.29 is 42.7 Å². The third kappa shape index (κ3) is 30.2. The molecule has 0 aromatic carbocycles. The number of nitrogens with one attached hydrogen (secondary N) is 3. The maximum Gasteiger partial charge on any atom is 0.505 e. The van der Waals surface area contributed by atoms with Gasteiger partial charge in [0.2, 0.25) is 11.9 Å². The number of esters is 1. The van der Waals surface area contributed by atoms with E-state index in [1.807, 2.05) is 0 Å². The summed E-state index contributed by atoms with van der Waals surface area (Å²) in [4.78, 5) is 69.5. The Hall–Kier alpha value is -5.91. The van der Waals surface area contributed by atoms with Crippen LogP contribution in [0, 0.1) is 10.8 Å². The number of carbonyl (C=O) groups excluding carboxylic acids is 4. The van der Waals surface area contributed by atoms with E-state index in [1.165, 1.54) is 43.3 Å². The molecule has 0 radical (unpaired) electrons. The Kier molecular flexibility index (Phi) is 30.7. The molecule has 0 aliphatic rings. The molecule has 2 amide bonds. The second-order valence-electron chi connectivity index (χ2n) is 13.6. The molecule has 1 rings (SSSR count). The highest BCUT2D eigenvalue weighted by molar-refractivity contribution is 7.95. The number of aromatic nitrogens is 1. The minimum atomic E-state index is -1.54. The molecule has 0 fully saturated rings. The normalized spacial score (nSPS) is 11.9. The van der Waals surface area contributed by atoms with Crippen LogP contribution in [0.2, 0.25) is 0 Å². The predicted octanol–water partition coefficient (Wildman–Crippen LogP) is 5.82. The van der Waals surface area contributed by atoms with Crippen LogP contribution in [0.25, 0.3) is 0 Å². The molecule has 1 aromatic heterocycles. The van der Waals surface area contributed by atoms with Crippen molar-refractivity contribution in [2.24, 2.45) is 21.9 Å². The Morgan fingerprint density at radius 2 is 1.53 bits per heavy atom. The molecule has 0 spiro atoms. The van der Waals surface area contributed by atoms with E-state index >= 15 is 0 Å². The molecule has 0 saturated carbocycles. The van der Waals surface area contributed by atoms with Crippen LogP contribution in [0.1, 0.15) is 88.9 Å². The van der Waals surface area contributed by atoms with Crippen molar-refractivity contribution in [3.63, 3.8) is 0 Å². The number of guanidine groups is 2. The number of pyridine rings is 1. The standard InChI is InChI=1S/C38H53N3O9S.C4H11N5/c1-4-5-6-7-8-9-10-11-12-13-14-15-16-17-18-19-20-23-33(43)50-51-28-27-40-32(42)24-26-41-35(44)34(38(2,3)30-48-37(46)47)49-36(45)31-22-21-25-39-29-31;1-9(2)4(7)8-3(5)6/h5-6,8-9,11-12,14-15,17-18,21-22,25,29,34H,4,7,10,13,16,19-20,23-24,26-28,30H2,1-3H3,(H,40,42)(H,41,44)(H,46,47);1-2H3,(H5,5,6,7,8)/b6-5-,9-8-,12-11-,15-14-,18-17-;/t34-;/m0./s1. The molecular weight excluding hydrogens is 793 g/mol. The monoisotopic (exact) mass is 856 g/mol. The quantitative estimate of drug-likeness (QED) is 0.0160. The molecule has 1 heterocycles. The second-order valence-corrected chi connectivity index (χ2v) is 14.4. The molecule has 60 heavy (non-hydrogen) atoms. The number of hydrogen-bond acceptors (Lipinski definition) is 11. The Labute approximate surface area is 358 Å². The van der Waals surface area contributed by atoms with Crippen LogP contribution in [0.3, 0.4) is 0 Å². The highest BCUT2D eigenvalue weighted by Crippen LogP contribution is 2.25. The molecule has 1 aromatic rings. The van der Waals surface area contributed by atoms with E-state index in [-0.39, 0.29) is 48.9 Å². The number of nitrogens with zero attached hydrogens (tertiary/aromatic N) is 3. The van der Waals surface area contributed by atoms with Crippen molar-refractivity contribution in [3.05, 3.63) is 90.9 Å². The van der Waals surface area contributed by atoms with Gasteiger partial charge in [-0.1, -0.05) is 81.5 Å². The van der Waals surface area contributed by atoms with Gasteiger partial charge in [-0.25, -0.2) is 9.59 Å². The van der Waals surface area contributed by atoms with Crippen LogP contribution < -0.4 is 22.1 Å². The molecular formula is C42H64N8O9S. The highest BCUT2D eigenvalue weighted by Gasteiger charge is 2.40. The molecule has 18 heteroatoms. The molecule has 0 saturated heterocycles. The van der Waals surface area contributed by atoms with Gasteiger partial charge in [-0.15, -0.1) is 0 Å². The summed E-state index contributed by atoms with van der Waals surface area (Å²) in [7, 11) is 3.38. The lowest BCUT2D eigenvalue weighted by Crippen LogP contribution is -2.49. The van der Waals surface area contributed by atoms with Crippen molar-refractivity contribution in [1.82, 2.24) is 20.5 Å². The third-order valence-electron chi connectivity index (χ3n) is 7.52. The number of aliphatic imine (C=N–C) groups is 1. The van der Waals surface area contributed by atoms with Gasteiger partial charge >= 0.3 is 18.1 Å². The highest BCUT2D eigenvalue weighted by atomic mass is 32.2. The summed E-state index contributed by atoms with van der Waals surface area (Å²) in [5.74, 6) is -1.91. The topological polar surface area (TPSA) is 262 Å². The first-order valence-corrected chi connectivity index (χ1v) is 20.5. The van der Waals surface area contributed by atoms with Gasteiger partial charge < -0.3 is 45.8 Å². The summed E-state index contributed by atoms with van der Waals surface area (Å²) in [6.07, 6.45) is 27.6. The van der Waals surface area contributed by atoms with E-state index in [4.69, 9.17) is 30.9 Å². The Morgan fingerprint density at radius 1 is 0.933 bits per heavy atom. The fraction of sp³-hybridized carbons (Fsp3) is 0.476. The number of amides is 2. The van der Waals surface area contributed by atoms with Gasteiger partial charge in [-0.05, 0) is 57.1 Å². The zero-order valence-electron chi connectivity index (χ0n) is 35.5. The molecule has 1 atom stereocenters. The molecule has 332 valence electrons. The summed E-state index contributed by atoms with van der Waals surface area (Å²) in [6.45, 7) is 4.91. The number of allylic oxidation sites excluding steroid dienone is 10. The Balaban J connectivity index is 0.00000344. The zero-order valence-corrected chi connectivity index (χ0v) is 36.3. The van der Waals surface area contributed by atoms with Gasteiger partial charge in [0.05, 0.1) is 17.6 Å². The van der Waals surface area contributed by atoms with Gasteiger partial charge in [0.15, 0.2) is 12.1 Å². The summed E-state index contributed by atoms with van der Waals surface area (Å²) in [5.41, 5.74) is 8.86. The van der Waals surface area contributed by atoms with Crippen LogP contribution in [0.5, 0.6) is 0 Å². The van der Waals surface area contributed by atoms with Crippen LogP contribution in [0.15, 0.2) is 90.3 Å². The Morgan fingerprint density at radius 3 is 2.05 bits per heavy atom. The van der Waals surface area contributed by atoms with Crippen LogP contribution in [-0.2, 0) is 28.0 Å². The number of carboxylic acid groups (broad SMARTS) is 1. The van der Waals surface area contributed by atoms with Gasteiger partial charge in [-0.3, -0.25) is 24.8 Å². The van der Waals surface area contributed by atoms with Crippen molar-refractivity contribution >= 4 is 53.9 Å². The lowest BCUT2D eigenvalue weighted by atomic mass is 9.86. The minimum Gasteiger partial charge on any atom is -0.450 e. The van der Waals surface area contributed by atoms with Gasteiger partial charge in [-0.2, -0.15) is 4.99 Å². The smallest absolute Gasteiger partial charge is 0.450 e. The fourth-order valence-corrected chi connectivity index (χ4v) is 4.85. The van der Waals surface area contributed by atoms with E-state index in [0.717, 1.165) is 50.6 Å². The average molecular weight is 857 g/mol. The largest absolute Gasteiger partial charge is 0.505 e. The number of unbranched alkanes of at least 4 members (excludes halogenated alkanes) is 1. The maximum absolute atomic E-state index is 13.0. The lowest BCUT2D eigenvalue weighted by Gasteiger charge is -2.31. The van der Waals surface area contributed by atoms with Crippen molar-refractivity contribution in [3.8, 4) is 0 Å². The molecule has 8 N–H and O–H groups in total. The number of hydrogen-bond donors (Lipinski definition) is 6. The number of carbonyl (C=O) groups is 5. The number of ether oxygens (including phenoxy) is 2. The predicted molar refractivity (Wildman–Crippen MR) is 236 cm³/mol. The van der Waals surface area contributed by atoms with Gasteiger partial charge in [0, 0.05) is 63.6 Å². The van der Waals surface area contributed by atoms with E-state index < -0.39 is 36.2 Å². The third-order valence-corrected chi connectivity index (χ3v) is 8.19. The first-order chi connectivity index (χ1) is 28.6. The molecule has 0 bridgehead atoms. The van der Waals surface area contributed by atoms with Crippen LogP contribution in [0.4, 0.5) is 4.79 Å². The summed E-state index contributed by atoms with van der Waals surface area (Å²) < 4.78 is 15.2. The van der Waals surface area contributed by atoms with E-state index in [1.54, 1.807) is 14.1 Å². The molecule has 0 unspecified atom stereocenters. The first kappa shape index (κ1) is 54.1. The Bertz CT molecular complexity index is 1620. The summed E-state index contributed by atoms with van der Waals surface area (Å²) in [6, 6.07) is 2.99. The average Bonchev–Trinajstić information content (AvgIpc) is 3.20. The van der Waals surface area contributed by atoms with Crippen molar-refractivity contribution in [2.45, 2.75) is 84.7 Å². The van der Waals surface area contributed by atoms with Crippen molar-refractivity contribution in [1.29, 1.82) is 5.41 Å². The lowest BCUT2D eigenvalue weighted by molar-refractivity contribution is -0.138. The summed E-state index contributed by atoms with van der Waals surface area (Å²) in [5, 5.41) is 21.2. The van der Waals surface area contributed by atoms with E-state index in [0.29, 0.717) is 18.6 Å². The first-order valence-electron chi connectivity index (χ1n) is 19.5. The second kappa shape index (κ2) is 34.0. The van der Waals surface area contributed by atoms with Crippen molar-refractivity contribution in [2.75, 3.05) is 39.5 Å². The van der Waals surface area contributed by atoms with Gasteiger partial charge in [0.1, 0.15) is 6.61 Å². The SMILES string of the molecule is CC/C=C\C/C=C\C/C=C\C/C=C\C/C=C\CCCC(=O)OSCCNC(=O)CCNC(=O)[C@H](OC(=O)c1cccnc1)C(C)(C)COC(=O)O.CN(C)C(=N)N=C(N)N. The number of nitrogens with two attached hydrogens (primary N) is 2. The molecule has 0 aliphatic carbocycles. The minimum absolute atomic E-state index is 0.0509. The van der Waals surface area contributed by atoms with E-state index in [9.17, 15) is 24.0 Å². The summed E-state index contributed by atoms with van der Waals surface area (Å²) >= 11 is 0.959. The van der Waals surface area contributed by atoms with Crippen LogP contribution >= 0.6 is 12.0 Å². The number of rotatable bonds is 26. The van der Waals surface area contributed by atoms with E-state index in [2.05, 4.69) is 93.0 Å². The molecule has 0 aliphatic heterocycles. The van der Waals surface area contributed by atoms with Crippen LogP contribution in [-0.4, -0.2) is 102 Å². The fourth-order valence-electron chi connectivity index (χ4n) is 4.37. The zero-order chi connectivity index (χ0) is 45.0.